The summed E-state index contributed by atoms with van der Waals surface area (Å²) in [5.74, 6) is 0. The minimum Gasteiger partial charge on any atom is -0.444 e. The molecule has 4 bridgehead atoms. The normalized spacial score (nSPS) is 27.2. The number of ether oxygens (including phenoxy) is 5. The summed E-state index contributed by atoms with van der Waals surface area (Å²) < 4.78 is 28.5. The molecule has 1 N–H and O–H groups in total. The Morgan fingerprint density at radius 1 is 0.612 bits per heavy atom. The Kier molecular flexibility index (Phi) is 12.0. The van der Waals surface area contributed by atoms with Gasteiger partial charge in [0, 0.05) is 31.6 Å². The molecule has 0 radical (unpaired) electrons. The van der Waals surface area contributed by atoms with Crippen LogP contribution in [0.15, 0.2) is 91.0 Å². The third-order valence-corrected chi connectivity index (χ3v) is 9.17. The maximum Gasteiger partial charge on any atom is 0.407 e. The van der Waals surface area contributed by atoms with Gasteiger partial charge in [0.2, 0.25) is 0 Å². The molecule has 0 atom stereocenters. The lowest BCUT2D eigenvalue weighted by atomic mass is 9.76. The lowest BCUT2D eigenvalue weighted by molar-refractivity contribution is -0.293. The van der Waals surface area contributed by atoms with Crippen LogP contribution in [0.3, 0.4) is 0 Å². The summed E-state index contributed by atoms with van der Waals surface area (Å²) in [7, 11) is 0. The molecule has 3 aromatic carbocycles. The summed E-state index contributed by atoms with van der Waals surface area (Å²) in [4.78, 5) is 19.7. The van der Waals surface area contributed by atoms with Gasteiger partial charge in [0.15, 0.2) is 0 Å². The molecule has 49 heavy (non-hydrogen) atoms. The number of hydrogen-bond donors (Lipinski definition) is 1. The van der Waals surface area contributed by atoms with Gasteiger partial charge < -0.3 is 29.0 Å². The predicted octanol–water partition coefficient (Wildman–Crippen LogP) is 5.61. The van der Waals surface area contributed by atoms with Crippen molar-refractivity contribution in [2.45, 2.75) is 44.9 Å². The first-order valence-corrected chi connectivity index (χ1v) is 17.5. The van der Waals surface area contributed by atoms with Crippen molar-refractivity contribution >= 4 is 6.09 Å². The molecule has 1 amide bonds. The van der Waals surface area contributed by atoms with Crippen LogP contribution in [0, 0.1) is 5.41 Å². The molecule has 10 heteroatoms. The second-order valence-corrected chi connectivity index (χ2v) is 14.2. The fourth-order valence-corrected chi connectivity index (χ4v) is 7.45. The van der Waals surface area contributed by atoms with E-state index in [0.29, 0.717) is 59.4 Å². The first-order valence-electron chi connectivity index (χ1n) is 17.5. The molecule has 264 valence electrons. The van der Waals surface area contributed by atoms with E-state index in [1.165, 1.54) is 16.7 Å². The number of nitrogens with one attached hydrogen (secondary N) is 1. The highest BCUT2D eigenvalue weighted by Gasteiger charge is 2.61. The second kappa shape index (κ2) is 16.6. The van der Waals surface area contributed by atoms with Crippen LogP contribution in [0.4, 0.5) is 4.79 Å². The summed E-state index contributed by atoms with van der Waals surface area (Å²) in [6.45, 7) is 12.8. The van der Waals surface area contributed by atoms with Crippen LogP contribution in [0.1, 0.15) is 56.0 Å². The molecule has 0 unspecified atom stereocenters. The van der Waals surface area contributed by atoms with Gasteiger partial charge in [0.25, 0.3) is 0 Å². The number of carbonyl (C=O) groups excluding carboxylic acids is 1. The van der Waals surface area contributed by atoms with Crippen molar-refractivity contribution < 1.29 is 28.5 Å². The fourth-order valence-electron chi connectivity index (χ4n) is 7.45. The molecule has 10 nitrogen and oxygen atoms in total. The molecule has 0 saturated carbocycles. The highest BCUT2D eigenvalue weighted by molar-refractivity contribution is 5.67. The van der Waals surface area contributed by atoms with Crippen LogP contribution in [-0.4, -0.2) is 105 Å². The van der Waals surface area contributed by atoms with Gasteiger partial charge in [-0.1, -0.05) is 91.0 Å². The molecular formula is C39H52N4O6. The molecular weight excluding hydrogens is 620 g/mol. The molecule has 0 aliphatic carbocycles. The maximum absolute atomic E-state index is 11.6. The van der Waals surface area contributed by atoms with Gasteiger partial charge >= 0.3 is 6.09 Å². The van der Waals surface area contributed by atoms with Gasteiger partial charge in [-0.05, 0) is 37.5 Å². The average molecular weight is 673 g/mol. The standard InChI is InChI=1S/C39H52N4O6/c1-38(2,3)49-37(44)40-19-20-45-21-22-46-23-24-47-25-26-48-30-39-27-41-34(31-13-7-4-8-14-31)42(28-39)36(33-17-11-6-12-18-33)43(29-39)35(41)32-15-9-5-10-16-32/h4-18,34-36H,19-30H2,1-3H3,(H,40,44). The van der Waals surface area contributed by atoms with E-state index in [9.17, 15) is 4.79 Å². The lowest BCUT2D eigenvalue weighted by Gasteiger charge is -2.70. The van der Waals surface area contributed by atoms with Gasteiger partial charge in [0.05, 0.1) is 71.4 Å². The largest absolute Gasteiger partial charge is 0.444 e. The molecule has 4 heterocycles. The van der Waals surface area contributed by atoms with Crippen molar-refractivity contribution in [2.75, 3.05) is 79.0 Å². The number of carbonyl (C=O) groups is 1. The molecule has 0 spiro atoms. The van der Waals surface area contributed by atoms with E-state index in [1.54, 1.807) is 0 Å². The molecule has 4 saturated heterocycles. The molecule has 7 rings (SSSR count). The molecule has 4 fully saturated rings. The van der Waals surface area contributed by atoms with Gasteiger partial charge in [-0.3, -0.25) is 14.7 Å². The van der Waals surface area contributed by atoms with Crippen LogP contribution in [0.25, 0.3) is 0 Å². The van der Waals surface area contributed by atoms with E-state index in [2.05, 4.69) is 111 Å². The number of benzene rings is 3. The third kappa shape index (κ3) is 9.07. The van der Waals surface area contributed by atoms with Crippen molar-refractivity contribution in [3.63, 3.8) is 0 Å². The number of nitrogens with zero attached hydrogens (tertiary/aromatic N) is 3. The Hall–Kier alpha value is -3.35. The Labute approximate surface area is 291 Å². The molecule has 0 aromatic heterocycles. The third-order valence-electron chi connectivity index (χ3n) is 9.17. The van der Waals surface area contributed by atoms with Crippen LogP contribution >= 0.6 is 0 Å². The Morgan fingerprint density at radius 3 is 1.37 bits per heavy atom. The van der Waals surface area contributed by atoms with E-state index >= 15 is 0 Å². The van der Waals surface area contributed by atoms with Crippen LogP contribution < -0.4 is 5.32 Å². The topological polar surface area (TPSA) is 85.0 Å². The second-order valence-electron chi connectivity index (χ2n) is 14.2. The van der Waals surface area contributed by atoms with Crippen LogP contribution in [-0.2, 0) is 23.7 Å². The predicted molar refractivity (Wildman–Crippen MR) is 188 cm³/mol. The van der Waals surface area contributed by atoms with Gasteiger partial charge in [-0.2, -0.15) is 0 Å². The minimum atomic E-state index is -0.511. The smallest absolute Gasteiger partial charge is 0.407 e. The molecule has 3 aromatic rings. The van der Waals surface area contributed by atoms with Crippen LogP contribution in [0.5, 0.6) is 0 Å². The van der Waals surface area contributed by atoms with E-state index in [-0.39, 0.29) is 23.9 Å². The van der Waals surface area contributed by atoms with Gasteiger partial charge in [-0.25, -0.2) is 4.79 Å². The summed E-state index contributed by atoms with van der Waals surface area (Å²) in [6.07, 6.45) is 0.0709. The molecule has 4 aliphatic rings. The first kappa shape index (κ1) is 35.5. The Balaban J connectivity index is 0.970. The zero-order chi connectivity index (χ0) is 34.1. The number of rotatable bonds is 17. The summed E-state index contributed by atoms with van der Waals surface area (Å²) in [5.41, 5.74) is 3.48. The summed E-state index contributed by atoms with van der Waals surface area (Å²) >= 11 is 0. The highest BCUT2D eigenvalue weighted by atomic mass is 16.6. The van der Waals surface area contributed by atoms with Crippen molar-refractivity contribution in [3.05, 3.63) is 108 Å². The average Bonchev–Trinajstić information content (AvgIpc) is 3.09. The lowest BCUT2D eigenvalue weighted by Crippen LogP contribution is -2.75. The highest BCUT2D eigenvalue weighted by Crippen LogP contribution is 2.57. The monoisotopic (exact) mass is 672 g/mol. The zero-order valence-electron chi connectivity index (χ0n) is 29.2. The Bertz CT molecular complexity index is 1300. The SMILES string of the molecule is CC(C)(C)OC(=O)NCCOCCOCCOCCOCC12CN3C(c4ccccc4)N(C1)C(c1ccccc1)N(C2)C3c1ccccc1. The Morgan fingerprint density at radius 2 is 0.980 bits per heavy atom. The number of alkyl carbamates (subject to hydrolysis) is 1. The number of hydrogen-bond acceptors (Lipinski definition) is 9. The van der Waals surface area contributed by atoms with Gasteiger partial charge in [-0.15, -0.1) is 0 Å². The summed E-state index contributed by atoms with van der Waals surface area (Å²) in [6, 6.07) is 32.9. The van der Waals surface area contributed by atoms with Crippen LogP contribution in [0.2, 0.25) is 0 Å². The van der Waals surface area contributed by atoms with E-state index in [4.69, 9.17) is 23.7 Å². The van der Waals surface area contributed by atoms with Crippen molar-refractivity contribution in [1.29, 1.82) is 0 Å². The summed E-state index contributed by atoms with van der Waals surface area (Å²) in [5, 5.41) is 2.67. The zero-order valence-corrected chi connectivity index (χ0v) is 29.2. The van der Waals surface area contributed by atoms with E-state index < -0.39 is 11.7 Å². The van der Waals surface area contributed by atoms with Crippen molar-refractivity contribution in [3.8, 4) is 0 Å². The van der Waals surface area contributed by atoms with Crippen molar-refractivity contribution in [1.82, 2.24) is 20.0 Å². The minimum absolute atomic E-state index is 0.00657. The fraction of sp³-hybridized carbons (Fsp3) is 0.513. The van der Waals surface area contributed by atoms with E-state index in [0.717, 1.165) is 19.6 Å². The molecule has 4 aliphatic heterocycles. The van der Waals surface area contributed by atoms with E-state index in [1.807, 2.05) is 20.8 Å². The quantitative estimate of drug-likeness (QED) is 0.184. The van der Waals surface area contributed by atoms with Gasteiger partial charge in [0.1, 0.15) is 5.60 Å². The number of amides is 1. The first-order chi connectivity index (χ1) is 23.8. The van der Waals surface area contributed by atoms with Crippen molar-refractivity contribution in [2.24, 2.45) is 5.41 Å². The maximum atomic E-state index is 11.6.